The van der Waals surface area contributed by atoms with Crippen molar-refractivity contribution < 1.29 is 9.90 Å². The Kier molecular flexibility index (Phi) is 3.68. The second-order valence-electron chi connectivity index (χ2n) is 5.76. The first-order chi connectivity index (χ1) is 5.55. The molecule has 0 saturated heterocycles. The van der Waals surface area contributed by atoms with Gasteiger partial charge >= 0.3 is 0 Å². The summed E-state index contributed by atoms with van der Waals surface area (Å²) in [5, 5.41) is 9.70. The Hall–Kier alpha value is -0.370. The lowest BCUT2D eigenvalue weighted by Crippen LogP contribution is -2.32. The second-order valence-corrected chi connectivity index (χ2v) is 5.76. The van der Waals surface area contributed by atoms with Crippen molar-refractivity contribution in [1.29, 1.82) is 0 Å². The maximum Gasteiger partial charge on any atom is 0.140 e. The van der Waals surface area contributed by atoms with Crippen LogP contribution in [0.25, 0.3) is 0 Å². The molecule has 78 valence electrons. The second kappa shape index (κ2) is 3.79. The highest BCUT2D eigenvalue weighted by Gasteiger charge is 2.29. The summed E-state index contributed by atoms with van der Waals surface area (Å²) in [6.45, 7) is 11.5. The van der Waals surface area contributed by atoms with Crippen LogP contribution in [-0.4, -0.2) is 17.0 Å². The van der Waals surface area contributed by atoms with Gasteiger partial charge in [-0.05, 0) is 5.41 Å². The van der Waals surface area contributed by atoms with Crippen LogP contribution in [0.2, 0.25) is 0 Å². The first kappa shape index (κ1) is 12.6. The van der Waals surface area contributed by atoms with Crippen molar-refractivity contribution in [1.82, 2.24) is 0 Å². The van der Waals surface area contributed by atoms with Crippen molar-refractivity contribution in [2.24, 2.45) is 10.8 Å². The lowest BCUT2D eigenvalue weighted by atomic mass is 9.81. The van der Waals surface area contributed by atoms with Crippen LogP contribution in [0, 0.1) is 10.8 Å². The van der Waals surface area contributed by atoms with Crippen molar-refractivity contribution in [2.45, 2.75) is 54.1 Å². The van der Waals surface area contributed by atoms with Crippen LogP contribution in [0.5, 0.6) is 0 Å². The van der Waals surface area contributed by atoms with E-state index < -0.39 is 6.10 Å². The fraction of sp³-hybridized carbons (Fsp3) is 0.909. The van der Waals surface area contributed by atoms with E-state index in [1.54, 1.807) is 0 Å². The van der Waals surface area contributed by atoms with Gasteiger partial charge in [-0.2, -0.15) is 0 Å². The van der Waals surface area contributed by atoms with Gasteiger partial charge in [-0.1, -0.05) is 41.5 Å². The molecule has 0 aromatic heterocycles. The largest absolute Gasteiger partial charge is 0.392 e. The fourth-order valence-electron chi connectivity index (χ4n) is 0.788. The normalized spacial score (nSPS) is 15.6. The van der Waals surface area contributed by atoms with E-state index in [-0.39, 0.29) is 23.0 Å². The molecule has 0 fully saturated rings. The number of rotatable bonds is 2. The van der Waals surface area contributed by atoms with Gasteiger partial charge in [-0.3, -0.25) is 4.79 Å². The maximum atomic E-state index is 11.6. The van der Waals surface area contributed by atoms with Gasteiger partial charge in [-0.15, -0.1) is 0 Å². The van der Waals surface area contributed by atoms with Crippen LogP contribution in [0.3, 0.4) is 0 Å². The van der Waals surface area contributed by atoms with Crippen molar-refractivity contribution >= 4 is 5.78 Å². The number of aliphatic hydroxyl groups is 1. The number of ketones is 1. The summed E-state index contributed by atoms with van der Waals surface area (Å²) in [4.78, 5) is 11.6. The van der Waals surface area contributed by atoms with E-state index in [4.69, 9.17) is 0 Å². The molecule has 0 saturated carbocycles. The molecule has 0 aliphatic rings. The molecule has 0 amide bonds. The van der Waals surface area contributed by atoms with E-state index >= 15 is 0 Å². The Labute approximate surface area is 81.3 Å². The minimum atomic E-state index is -0.542. The van der Waals surface area contributed by atoms with Gasteiger partial charge < -0.3 is 5.11 Å². The molecule has 0 heterocycles. The molecule has 0 radical (unpaired) electrons. The average molecular weight is 186 g/mol. The molecule has 0 aliphatic heterocycles. The van der Waals surface area contributed by atoms with Gasteiger partial charge in [0.05, 0.1) is 6.10 Å². The Morgan fingerprint density at radius 1 is 1.15 bits per heavy atom. The highest BCUT2D eigenvalue weighted by Crippen LogP contribution is 2.25. The lowest BCUT2D eigenvalue weighted by molar-refractivity contribution is -0.129. The maximum absolute atomic E-state index is 11.6. The van der Waals surface area contributed by atoms with Gasteiger partial charge in [0.15, 0.2) is 0 Å². The predicted molar refractivity (Wildman–Crippen MR) is 54.5 cm³/mol. The van der Waals surface area contributed by atoms with E-state index in [0.717, 1.165) is 0 Å². The molecule has 0 bridgehead atoms. The highest BCUT2D eigenvalue weighted by atomic mass is 16.3. The summed E-state index contributed by atoms with van der Waals surface area (Å²) in [6, 6.07) is 0. The molecule has 0 aliphatic carbocycles. The van der Waals surface area contributed by atoms with E-state index in [0.29, 0.717) is 0 Å². The van der Waals surface area contributed by atoms with Crippen LogP contribution in [0.1, 0.15) is 48.0 Å². The first-order valence-corrected chi connectivity index (χ1v) is 4.76. The molecule has 0 unspecified atom stereocenters. The summed E-state index contributed by atoms with van der Waals surface area (Å²) in [5.74, 6) is 0.120. The van der Waals surface area contributed by atoms with Gasteiger partial charge in [0, 0.05) is 11.8 Å². The predicted octanol–water partition coefficient (Wildman–Crippen LogP) is 2.40. The number of Topliss-reactive ketones (excluding diaryl/α,β-unsaturated/α-hetero) is 1. The third kappa shape index (κ3) is 4.41. The molecule has 1 N–H and O–H groups in total. The van der Waals surface area contributed by atoms with Crippen LogP contribution < -0.4 is 0 Å². The Balaban J connectivity index is 4.24. The zero-order valence-electron chi connectivity index (χ0n) is 9.64. The molecule has 0 rings (SSSR count). The van der Waals surface area contributed by atoms with E-state index in [1.165, 1.54) is 0 Å². The standard InChI is InChI=1S/C11H22O2/c1-10(2,3)8(12)7-9(13)11(4,5)6/h8,12H,7H2,1-6H3/t8-/m0/s1. The minimum Gasteiger partial charge on any atom is -0.392 e. The molecule has 2 heteroatoms. The van der Waals surface area contributed by atoms with E-state index in [9.17, 15) is 9.90 Å². The average Bonchev–Trinajstić information content (AvgIpc) is 1.82. The third-order valence-corrected chi connectivity index (χ3v) is 2.21. The summed E-state index contributed by atoms with van der Waals surface area (Å²) >= 11 is 0. The molecule has 0 aromatic rings. The zero-order chi connectivity index (χ0) is 10.9. The van der Waals surface area contributed by atoms with Crippen LogP contribution in [0.4, 0.5) is 0 Å². The lowest BCUT2D eigenvalue weighted by Gasteiger charge is -2.27. The van der Waals surface area contributed by atoms with Gasteiger partial charge in [0.2, 0.25) is 0 Å². The fourth-order valence-corrected chi connectivity index (χ4v) is 0.788. The van der Waals surface area contributed by atoms with Crippen LogP contribution >= 0.6 is 0 Å². The number of carbonyl (C=O) groups is 1. The van der Waals surface area contributed by atoms with Crippen molar-refractivity contribution in [3.63, 3.8) is 0 Å². The molecule has 0 aromatic carbocycles. The Morgan fingerprint density at radius 3 is 1.77 bits per heavy atom. The number of carbonyl (C=O) groups excluding carboxylic acids is 1. The molecule has 2 nitrogen and oxygen atoms in total. The van der Waals surface area contributed by atoms with Gasteiger partial charge in [-0.25, -0.2) is 0 Å². The molecule has 0 spiro atoms. The van der Waals surface area contributed by atoms with Gasteiger partial charge in [0.25, 0.3) is 0 Å². The topological polar surface area (TPSA) is 37.3 Å². The number of hydrogen-bond donors (Lipinski definition) is 1. The Morgan fingerprint density at radius 2 is 1.54 bits per heavy atom. The zero-order valence-corrected chi connectivity index (χ0v) is 9.64. The van der Waals surface area contributed by atoms with E-state index in [1.807, 2.05) is 41.5 Å². The van der Waals surface area contributed by atoms with Crippen molar-refractivity contribution in [2.75, 3.05) is 0 Å². The third-order valence-electron chi connectivity index (χ3n) is 2.21. The summed E-state index contributed by atoms with van der Waals surface area (Å²) in [7, 11) is 0. The monoisotopic (exact) mass is 186 g/mol. The van der Waals surface area contributed by atoms with Crippen LogP contribution in [-0.2, 0) is 4.79 Å². The van der Waals surface area contributed by atoms with Gasteiger partial charge in [0.1, 0.15) is 5.78 Å². The molecular formula is C11H22O2. The molecule has 13 heavy (non-hydrogen) atoms. The first-order valence-electron chi connectivity index (χ1n) is 4.76. The summed E-state index contributed by atoms with van der Waals surface area (Å²) < 4.78 is 0. The van der Waals surface area contributed by atoms with Crippen molar-refractivity contribution in [3.05, 3.63) is 0 Å². The SMILES string of the molecule is CC(C)(C)C(=O)C[C@H](O)C(C)(C)C. The highest BCUT2D eigenvalue weighted by molar-refractivity contribution is 5.84. The van der Waals surface area contributed by atoms with E-state index in [2.05, 4.69) is 0 Å². The minimum absolute atomic E-state index is 0.120. The smallest absolute Gasteiger partial charge is 0.140 e. The number of hydrogen-bond acceptors (Lipinski definition) is 2. The Bertz CT molecular complexity index is 181. The summed E-state index contributed by atoms with van der Waals surface area (Å²) in [6.07, 6.45) is -0.285. The van der Waals surface area contributed by atoms with Crippen LogP contribution in [0.15, 0.2) is 0 Å². The molecular weight excluding hydrogens is 164 g/mol. The number of aliphatic hydroxyl groups excluding tert-OH is 1. The molecule has 1 atom stereocenters. The quantitative estimate of drug-likeness (QED) is 0.719. The summed E-state index contributed by atoms with van der Waals surface area (Å²) in [5.41, 5.74) is -0.548. The van der Waals surface area contributed by atoms with Crippen molar-refractivity contribution in [3.8, 4) is 0 Å².